The van der Waals surface area contributed by atoms with E-state index in [1.54, 1.807) is 4.90 Å². The largest absolute Gasteiger partial charge is 0.469 e. The first kappa shape index (κ1) is 17.0. The number of hydrogen-bond acceptors (Lipinski definition) is 4. The van der Waals surface area contributed by atoms with Crippen LogP contribution in [0.5, 0.6) is 0 Å². The molecular weight excluding hydrogens is 316 g/mol. The van der Waals surface area contributed by atoms with Crippen LogP contribution in [0.3, 0.4) is 0 Å². The summed E-state index contributed by atoms with van der Waals surface area (Å²) in [6, 6.07) is 18.8. The fourth-order valence-electron chi connectivity index (χ4n) is 3.02. The number of anilines is 1. The van der Waals surface area contributed by atoms with E-state index in [-0.39, 0.29) is 12.3 Å². The minimum atomic E-state index is -0.482. The highest BCUT2D eigenvalue weighted by Crippen LogP contribution is 2.23. The number of benzene rings is 2. The molecule has 0 aromatic heterocycles. The van der Waals surface area contributed by atoms with Gasteiger partial charge in [-0.25, -0.2) is 0 Å². The van der Waals surface area contributed by atoms with Crippen molar-refractivity contribution in [2.24, 2.45) is 0 Å². The van der Waals surface area contributed by atoms with Gasteiger partial charge in [0.05, 0.1) is 7.11 Å². The van der Waals surface area contributed by atoms with Gasteiger partial charge < -0.3 is 14.5 Å². The van der Waals surface area contributed by atoms with Gasteiger partial charge in [-0.2, -0.15) is 0 Å². The van der Waals surface area contributed by atoms with Crippen molar-refractivity contribution in [1.29, 1.82) is 0 Å². The number of esters is 1. The number of ether oxygens (including phenoxy) is 1. The van der Waals surface area contributed by atoms with Crippen molar-refractivity contribution in [3.05, 3.63) is 54.6 Å². The molecule has 1 amide bonds. The molecule has 2 aromatic carbocycles. The molecular formula is C20H22N2O3. The quantitative estimate of drug-likeness (QED) is 0.635. The van der Waals surface area contributed by atoms with Crippen molar-refractivity contribution in [2.45, 2.75) is 6.42 Å². The Morgan fingerprint density at radius 3 is 2.08 bits per heavy atom. The maximum Gasteiger partial charge on any atom is 0.315 e. The van der Waals surface area contributed by atoms with E-state index in [0.29, 0.717) is 13.1 Å². The normalized spacial score (nSPS) is 14.3. The van der Waals surface area contributed by atoms with Gasteiger partial charge in [0.2, 0.25) is 5.91 Å². The van der Waals surface area contributed by atoms with Crippen LogP contribution in [0, 0.1) is 0 Å². The topological polar surface area (TPSA) is 49.9 Å². The number of piperazine rings is 1. The molecule has 1 aliphatic rings. The van der Waals surface area contributed by atoms with Crippen molar-refractivity contribution in [3.8, 4) is 11.1 Å². The average Bonchev–Trinajstić information content (AvgIpc) is 2.69. The number of carbonyl (C=O) groups is 2. The summed E-state index contributed by atoms with van der Waals surface area (Å²) in [5.41, 5.74) is 3.54. The summed E-state index contributed by atoms with van der Waals surface area (Å²) in [6.45, 7) is 2.77. The molecule has 0 unspecified atom stereocenters. The Bertz CT molecular complexity index is 720. The summed E-state index contributed by atoms with van der Waals surface area (Å²) in [5.74, 6) is -0.644. The second-order valence-electron chi connectivity index (χ2n) is 6.03. The van der Waals surface area contributed by atoms with Gasteiger partial charge in [0, 0.05) is 31.9 Å². The van der Waals surface area contributed by atoms with Gasteiger partial charge in [-0.15, -0.1) is 0 Å². The lowest BCUT2D eigenvalue weighted by Gasteiger charge is -2.36. The van der Waals surface area contributed by atoms with Gasteiger partial charge in [-0.3, -0.25) is 9.59 Å². The highest BCUT2D eigenvalue weighted by molar-refractivity contribution is 5.94. The van der Waals surface area contributed by atoms with Gasteiger partial charge in [0.15, 0.2) is 0 Å². The standard InChI is InChI=1S/C20H22N2O3/c1-25-20(24)15-19(23)22-13-11-21(12-14-22)18-9-7-17(8-10-18)16-5-3-2-4-6-16/h2-10H,11-15H2,1H3. The van der Waals surface area contributed by atoms with E-state index in [2.05, 4.69) is 46.0 Å². The predicted octanol–water partition coefficient (Wildman–Crippen LogP) is 2.57. The van der Waals surface area contributed by atoms with Crippen LogP contribution in [-0.2, 0) is 14.3 Å². The summed E-state index contributed by atoms with van der Waals surface area (Å²) in [4.78, 5) is 27.2. The third kappa shape index (κ3) is 4.18. The molecule has 3 rings (SSSR count). The molecule has 1 fully saturated rings. The summed E-state index contributed by atoms with van der Waals surface area (Å²) >= 11 is 0. The van der Waals surface area contributed by atoms with Crippen molar-refractivity contribution in [2.75, 3.05) is 38.2 Å². The van der Waals surface area contributed by atoms with E-state index in [1.807, 2.05) is 18.2 Å². The van der Waals surface area contributed by atoms with Crippen LogP contribution in [0.25, 0.3) is 11.1 Å². The number of methoxy groups -OCH3 is 1. The summed E-state index contributed by atoms with van der Waals surface area (Å²) in [6.07, 6.45) is -0.178. The molecule has 0 bridgehead atoms. The first-order valence-electron chi connectivity index (χ1n) is 8.42. The van der Waals surface area contributed by atoms with E-state index < -0.39 is 5.97 Å². The van der Waals surface area contributed by atoms with Crippen molar-refractivity contribution in [3.63, 3.8) is 0 Å². The average molecular weight is 338 g/mol. The zero-order chi connectivity index (χ0) is 17.6. The number of amides is 1. The Morgan fingerprint density at radius 1 is 0.880 bits per heavy atom. The number of hydrogen-bond donors (Lipinski definition) is 0. The number of carbonyl (C=O) groups excluding carboxylic acids is 2. The molecule has 1 heterocycles. The third-order valence-corrected chi connectivity index (χ3v) is 4.50. The van der Waals surface area contributed by atoms with Crippen LogP contribution in [0.15, 0.2) is 54.6 Å². The second kappa shape index (κ2) is 7.83. The minimum Gasteiger partial charge on any atom is -0.469 e. The van der Waals surface area contributed by atoms with Crippen LogP contribution < -0.4 is 4.90 Å². The van der Waals surface area contributed by atoms with Gasteiger partial charge in [-0.1, -0.05) is 42.5 Å². The summed E-state index contributed by atoms with van der Waals surface area (Å²) in [5, 5.41) is 0. The molecule has 25 heavy (non-hydrogen) atoms. The predicted molar refractivity (Wildman–Crippen MR) is 97.3 cm³/mol. The van der Waals surface area contributed by atoms with E-state index >= 15 is 0 Å². The Balaban J connectivity index is 1.58. The maximum atomic E-state index is 12.0. The smallest absolute Gasteiger partial charge is 0.315 e. The lowest BCUT2D eigenvalue weighted by atomic mass is 10.1. The van der Waals surface area contributed by atoms with Crippen molar-refractivity contribution < 1.29 is 14.3 Å². The third-order valence-electron chi connectivity index (χ3n) is 4.50. The molecule has 130 valence electrons. The van der Waals surface area contributed by atoms with Crippen LogP contribution in [0.2, 0.25) is 0 Å². The first-order valence-corrected chi connectivity index (χ1v) is 8.42. The first-order chi connectivity index (χ1) is 12.2. The molecule has 5 heteroatoms. The number of rotatable bonds is 4. The summed E-state index contributed by atoms with van der Waals surface area (Å²) < 4.78 is 4.55. The Kier molecular flexibility index (Phi) is 5.33. The highest BCUT2D eigenvalue weighted by atomic mass is 16.5. The Hall–Kier alpha value is -2.82. The SMILES string of the molecule is COC(=O)CC(=O)N1CCN(c2ccc(-c3ccccc3)cc2)CC1. The molecule has 0 N–H and O–H groups in total. The minimum absolute atomic E-state index is 0.161. The monoisotopic (exact) mass is 338 g/mol. The zero-order valence-electron chi connectivity index (χ0n) is 14.4. The molecule has 2 aromatic rings. The van der Waals surface area contributed by atoms with Crippen LogP contribution in [0.4, 0.5) is 5.69 Å². The zero-order valence-corrected chi connectivity index (χ0v) is 14.4. The molecule has 0 radical (unpaired) electrons. The Labute approximate surface area is 147 Å². The molecule has 0 atom stereocenters. The van der Waals surface area contributed by atoms with E-state index in [9.17, 15) is 9.59 Å². The Morgan fingerprint density at radius 2 is 1.48 bits per heavy atom. The fraction of sp³-hybridized carbons (Fsp3) is 0.300. The number of nitrogens with zero attached hydrogens (tertiary/aromatic N) is 2. The van der Waals surface area contributed by atoms with Gasteiger partial charge in [-0.05, 0) is 23.3 Å². The maximum absolute atomic E-state index is 12.0. The highest BCUT2D eigenvalue weighted by Gasteiger charge is 2.23. The van der Waals surface area contributed by atoms with E-state index in [0.717, 1.165) is 18.8 Å². The second-order valence-corrected chi connectivity index (χ2v) is 6.03. The lowest BCUT2D eigenvalue weighted by Crippen LogP contribution is -2.49. The van der Waals surface area contributed by atoms with Crippen LogP contribution in [0.1, 0.15) is 6.42 Å². The van der Waals surface area contributed by atoms with Crippen LogP contribution in [-0.4, -0.2) is 50.1 Å². The fourth-order valence-corrected chi connectivity index (χ4v) is 3.02. The van der Waals surface area contributed by atoms with Crippen molar-refractivity contribution in [1.82, 2.24) is 4.90 Å². The lowest BCUT2D eigenvalue weighted by molar-refractivity contribution is -0.146. The van der Waals surface area contributed by atoms with Gasteiger partial charge in [0.1, 0.15) is 6.42 Å². The molecule has 0 spiro atoms. The van der Waals surface area contributed by atoms with Crippen LogP contribution >= 0.6 is 0 Å². The van der Waals surface area contributed by atoms with Crippen molar-refractivity contribution >= 4 is 17.6 Å². The summed E-state index contributed by atoms with van der Waals surface area (Å²) in [7, 11) is 1.30. The van der Waals surface area contributed by atoms with E-state index in [1.165, 1.54) is 18.2 Å². The molecule has 5 nitrogen and oxygen atoms in total. The van der Waals surface area contributed by atoms with Gasteiger partial charge in [0.25, 0.3) is 0 Å². The molecule has 0 aliphatic carbocycles. The molecule has 1 aliphatic heterocycles. The van der Waals surface area contributed by atoms with Gasteiger partial charge >= 0.3 is 5.97 Å². The van der Waals surface area contributed by atoms with E-state index in [4.69, 9.17) is 0 Å². The molecule has 1 saturated heterocycles. The molecule has 0 saturated carbocycles.